The number of hydrogen-bond donors (Lipinski definition) is 2. The van der Waals surface area contributed by atoms with Gasteiger partial charge in [0.2, 0.25) is 11.7 Å². The number of carbonyl (C=O) groups is 2. The van der Waals surface area contributed by atoms with Gasteiger partial charge in [-0.2, -0.15) is 0 Å². The monoisotopic (exact) mass is 376 g/mol. The van der Waals surface area contributed by atoms with E-state index in [9.17, 15) is 9.59 Å². The van der Waals surface area contributed by atoms with Crippen LogP contribution >= 0.6 is 23.2 Å². The maximum atomic E-state index is 12.6. The predicted octanol–water partition coefficient (Wildman–Crippen LogP) is 4.91. The summed E-state index contributed by atoms with van der Waals surface area (Å²) in [4.78, 5) is 24.6. The molecule has 2 N–H and O–H groups in total. The Morgan fingerprint density at radius 1 is 1.00 bits per heavy atom. The minimum atomic E-state index is -0.473. The van der Waals surface area contributed by atoms with Crippen molar-refractivity contribution in [3.05, 3.63) is 59.3 Å². The van der Waals surface area contributed by atoms with Crippen molar-refractivity contribution in [3.63, 3.8) is 0 Å². The third kappa shape index (κ3) is 3.95. The molecule has 5 nitrogen and oxygen atoms in total. The van der Waals surface area contributed by atoms with Gasteiger partial charge >= 0.3 is 0 Å². The minimum absolute atomic E-state index is 0.0269. The number of rotatable bonds is 5. The molecular weight excluding hydrogens is 363 g/mol. The average Bonchev–Trinajstić information content (AvgIpc) is 2.96. The van der Waals surface area contributed by atoms with Crippen LogP contribution in [0.1, 0.15) is 17.0 Å². The molecule has 0 saturated carbocycles. The van der Waals surface area contributed by atoms with Crippen molar-refractivity contribution in [1.82, 2.24) is 0 Å². The number of anilines is 2. The van der Waals surface area contributed by atoms with Crippen molar-refractivity contribution >= 4 is 57.4 Å². The smallest absolute Gasteiger partial charge is 0.293 e. The highest BCUT2D eigenvalue weighted by atomic mass is 35.5. The fraction of sp³-hybridized carbons (Fsp3) is 0.111. The predicted molar refractivity (Wildman–Crippen MR) is 99.6 cm³/mol. The summed E-state index contributed by atoms with van der Waals surface area (Å²) < 4.78 is 5.65. The first-order valence-electron chi connectivity index (χ1n) is 7.53. The quantitative estimate of drug-likeness (QED) is 0.621. The molecule has 3 rings (SSSR count). The molecule has 2 aromatic carbocycles. The number of benzene rings is 2. The molecule has 0 fully saturated rings. The highest BCUT2D eigenvalue weighted by Crippen LogP contribution is 2.31. The molecule has 0 atom stereocenters. The Labute approximate surface area is 153 Å². The Morgan fingerprint density at radius 2 is 1.72 bits per heavy atom. The Hall–Kier alpha value is -2.50. The zero-order valence-electron chi connectivity index (χ0n) is 13.0. The number of furan rings is 1. The van der Waals surface area contributed by atoms with Gasteiger partial charge in [0.15, 0.2) is 0 Å². The fourth-order valence-electron chi connectivity index (χ4n) is 2.34. The van der Waals surface area contributed by atoms with E-state index in [0.29, 0.717) is 27.4 Å². The number of amides is 2. The second-order valence-electron chi connectivity index (χ2n) is 5.25. The second kappa shape index (κ2) is 7.59. The van der Waals surface area contributed by atoms with Gasteiger partial charge in [-0.25, -0.2) is 0 Å². The first kappa shape index (κ1) is 17.3. The van der Waals surface area contributed by atoms with E-state index in [0.717, 1.165) is 0 Å². The van der Waals surface area contributed by atoms with Crippen LogP contribution in [0.2, 0.25) is 5.02 Å². The van der Waals surface area contributed by atoms with Gasteiger partial charge in [0.25, 0.3) is 5.91 Å². The Kier molecular flexibility index (Phi) is 5.26. The summed E-state index contributed by atoms with van der Waals surface area (Å²) in [5.41, 5.74) is 1.40. The van der Waals surface area contributed by atoms with Gasteiger partial charge in [0.05, 0.1) is 0 Å². The van der Waals surface area contributed by atoms with E-state index in [2.05, 4.69) is 10.6 Å². The van der Waals surface area contributed by atoms with Crippen LogP contribution < -0.4 is 10.6 Å². The van der Waals surface area contributed by atoms with Crippen LogP contribution in [0.3, 0.4) is 0 Å². The van der Waals surface area contributed by atoms with Crippen LogP contribution in [0.25, 0.3) is 11.0 Å². The lowest BCUT2D eigenvalue weighted by atomic mass is 10.2. The highest BCUT2D eigenvalue weighted by molar-refractivity contribution is 6.30. The molecule has 1 aromatic heterocycles. The maximum Gasteiger partial charge on any atom is 0.293 e. The van der Waals surface area contributed by atoms with E-state index in [-0.39, 0.29) is 24.0 Å². The van der Waals surface area contributed by atoms with Crippen molar-refractivity contribution in [2.24, 2.45) is 0 Å². The van der Waals surface area contributed by atoms with E-state index < -0.39 is 5.91 Å². The molecule has 0 aliphatic heterocycles. The molecule has 25 heavy (non-hydrogen) atoms. The van der Waals surface area contributed by atoms with E-state index >= 15 is 0 Å². The van der Waals surface area contributed by atoms with Crippen LogP contribution in [0, 0.1) is 0 Å². The Balaban J connectivity index is 1.94. The second-order valence-corrected chi connectivity index (χ2v) is 6.06. The van der Waals surface area contributed by atoms with Crippen LogP contribution in [0.15, 0.2) is 52.9 Å². The Bertz CT molecular complexity index is 920. The van der Waals surface area contributed by atoms with Crippen LogP contribution in [0.5, 0.6) is 0 Å². The van der Waals surface area contributed by atoms with Gasteiger partial charge in [0.1, 0.15) is 11.3 Å². The lowest BCUT2D eigenvalue weighted by molar-refractivity contribution is -0.115. The van der Waals surface area contributed by atoms with E-state index in [1.807, 2.05) is 0 Å². The molecule has 1 heterocycles. The van der Waals surface area contributed by atoms with Crippen LogP contribution in [-0.4, -0.2) is 17.7 Å². The number of hydrogen-bond acceptors (Lipinski definition) is 3. The van der Waals surface area contributed by atoms with Crippen molar-refractivity contribution in [1.29, 1.82) is 0 Å². The van der Waals surface area contributed by atoms with Crippen LogP contribution in [-0.2, 0) is 4.79 Å². The van der Waals surface area contributed by atoms with E-state index in [4.69, 9.17) is 27.6 Å². The number of para-hydroxylation sites is 1. The molecule has 7 heteroatoms. The van der Waals surface area contributed by atoms with Gasteiger partial charge in [-0.1, -0.05) is 23.7 Å². The summed E-state index contributed by atoms with van der Waals surface area (Å²) in [5, 5.41) is 6.65. The van der Waals surface area contributed by atoms with Gasteiger partial charge in [0, 0.05) is 28.4 Å². The fourth-order valence-corrected chi connectivity index (χ4v) is 2.64. The highest BCUT2D eigenvalue weighted by Gasteiger charge is 2.22. The molecule has 0 spiro atoms. The lowest BCUT2D eigenvalue weighted by Gasteiger charge is -2.07. The molecule has 2 amide bonds. The van der Waals surface area contributed by atoms with Crippen molar-refractivity contribution in [2.75, 3.05) is 16.5 Å². The molecular formula is C18H14Cl2N2O3. The molecule has 0 bridgehead atoms. The lowest BCUT2D eigenvalue weighted by Crippen LogP contribution is -2.17. The van der Waals surface area contributed by atoms with Gasteiger partial charge < -0.3 is 15.1 Å². The van der Waals surface area contributed by atoms with Crippen LogP contribution in [0.4, 0.5) is 11.4 Å². The number of fused-ring (bicyclic) bond motifs is 1. The third-order valence-corrected chi connectivity index (χ3v) is 3.93. The summed E-state index contributed by atoms with van der Waals surface area (Å²) in [5.74, 6) is -0.547. The summed E-state index contributed by atoms with van der Waals surface area (Å²) >= 11 is 11.4. The molecule has 3 aromatic rings. The van der Waals surface area contributed by atoms with Gasteiger partial charge in [-0.05, 0) is 36.4 Å². The topological polar surface area (TPSA) is 71.3 Å². The average molecular weight is 377 g/mol. The maximum absolute atomic E-state index is 12.6. The number of halogens is 2. The minimum Gasteiger partial charge on any atom is -0.449 e. The summed E-state index contributed by atoms with van der Waals surface area (Å²) in [6, 6.07) is 13.8. The van der Waals surface area contributed by atoms with Gasteiger partial charge in [-0.3, -0.25) is 9.59 Å². The third-order valence-electron chi connectivity index (χ3n) is 3.49. The zero-order valence-corrected chi connectivity index (χ0v) is 14.5. The summed E-state index contributed by atoms with van der Waals surface area (Å²) in [6.45, 7) is 0. The molecule has 128 valence electrons. The number of nitrogens with one attached hydrogen (secondary N) is 2. The molecule has 0 aliphatic carbocycles. The van der Waals surface area contributed by atoms with Crippen molar-refractivity contribution in [3.8, 4) is 0 Å². The normalized spacial score (nSPS) is 10.6. The molecule has 0 radical (unpaired) electrons. The van der Waals surface area contributed by atoms with E-state index in [1.165, 1.54) is 0 Å². The molecule has 0 saturated heterocycles. The van der Waals surface area contributed by atoms with Crippen molar-refractivity contribution in [2.45, 2.75) is 6.42 Å². The number of carbonyl (C=O) groups excluding carboxylic acids is 2. The zero-order chi connectivity index (χ0) is 17.8. The molecule has 0 aliphatic rings. The summed E-state index contributed by atoms with van der Waals surface area (Å²) in [7, 11) is 0. The summed E-state index contributed by atoms with van der Waals surface area (Å²) in [6.07, 6.45) is 0.138. The van der Waals surface area contributed by atoms with E-state index in [1.54, 1.807) is 48.5 Å². The first-order valence-corrected chi connectivity index (χ1v) is 8.44. The first-order chi connectivity index (χ1) is 12.1. The molecule has 0 unspecified atom stereocenters. The SMILES string of the molecule is O=C(CCCl)Nc1c(C(=O)Nc2ccc(Cl)cc2)oc2ccccc12. The van der Waals surface area contributed by atoms with Gasteiger partial charge in [-0.15, -0.1) is 11.6 Å². The number of alkyl halides is 1. The largest absolute Gasteiger partial charge is 0.449 e. The Morgan fingerprint density at radius 3 is 2.44 bits per heavy atom. The standard InChI is InChI=1S/C18H14Cl2N2O3/c19-10-9-15(23)22-16-13-3-1-2-4-14(13)25-17(16)18(24)21-12-7-5-11(20)6-8-12/h1-8H,9-10H2,(H,21,24)(H,22,23). The van der Waals surface area contributed by atoms with Crippen molar-refractivity contribution < 1.29 is 14.0 Å².